The zero-order valence-electron chi connectivity index (χ0n) is 15.5. The van der Waals surface area contributed by atoms with Gasteiger partial charge in [0.15, 0.2) is 5.43 Å². The first-order valence-corrected chi connectivity index (χ1v) is 8.56. The molecule has 0 atom stereocenters. The van der Waals surface area contributed by atoms with Crippen molar-refractivity contribution in [1.29, 1.82) is 0 Å². The Hall–Kier alpha value is -1.89. The van der Waals surface area contributed by atoms with Gasteiger partial charge in [0, 0.05) is 29.7 Å². The predicted octanol–water partition coefficient (Wildman–Crippen LogP) is 2.76. The van der Waals surface area contributed by atoms with Crippen molar-refractivity contribution in [2.24, 2.45) is 0 Å². The summed E-state index contributed by atoms with van der Waals surface area (Å²) in [4.78, 5) is 15.0. The van der Waals surface area contributed by atoms with E-state index in [4.69, 9.17) is 9.31 Å². The van der Waals surface area contributed by atoms with Crippen molar-refractivity contribution >= 4 is 24.1 Å². The van der Waals surface area contributed by atoms with Crippen LogP contribution in [0.2, 0.25) is 0 Å². The molecule has 0 radical (unpaired) electrons. The van der Waals surface area contributed by atoms with E-state index < -0.39 is 7.12 Å². The first-order chi connectivity index (χ1) is 11.7. The van der Waals surface area contributed by atoms with Crippen LogP contribution in [-0.2, 0) is 9.31 Å². The molecule has 1 saturated heterocycles. The van der Waals surface area contributed by atoms with Crippen LogP contribution < -0.4 is 10.7 Å². The average molecular weight is 340 g/mol. The van der Waals surface area contributed by atoms with E-state index in [-0.39, 0.29) is 16.6 Å². The van der Waals surface area contributed by atoms with Gasteiger partial charge in [0.05, 0.1) is 11.2 Å². The average Bonchev–Trinajstić information content (AvgIpc) is 2.75. The third-order valence-electron chi connectivity index (χ3n) is 5.07. The number of fused-ring (bicyclic) bond motifs is 1. The van der Waals surface area contributed by atoms with Crippen molar-refractivity contribution in [3.05, 3.63) is 51.7 Å². The Bertz CT molecular complexity index is 854. The van der Waals surface area contributed by atoms with E-state index in [1.807, 2.05) is 52.9 Å². The molecular weight excluding hydrogens is 315 g/mol. The Morgan fingerprint density at radius 3 is 2.52 bits per heavy atom. The van der Waals surface area contributed by atoms with Crippen molar-refractivity contribution in [3.63, 3.8) is 0 Å². The fourth-order valence-corrected chi connectivity index (χ4v) is 2.90. The highest BCUT2D eigenvalue weighted by Crippen LogP contribution is 2.38. The summed E-state index contributed by atoms with van der Waals surface area (Å²) in [5.74, 6) is 0. The Kier molecular flexibility index (Phi) is 4.62. The van der Waals surface area contributed by atoms with Crippen LogP contribution in [-0.4, -0.2) is 36.9 Å². The van der Waals surface area contributed by atoms with Crippen molar-refractivity contribution in [2.45, 2.75) is 38.9 Å². The van der Waals surface area contributed by atoms with Crippen molar-refractivity contribution < 1.29 is 9.31 Å². The summed E-state index contributed by atoms with van der Waals surface area (Å²) in [5.41, 5.74) is 2.09. The highest BCUT2D eigenvalue weighted by molar-refractivity contribution is 6.55. The summed E-state index contributed by atoms with van der Waals surface area (Å²) in [7, 11) is 1.50. The number of aromatic nitrogens is 1. The lowest BCUT2D eigenvalue weighted by molar-refractivity contribution is 0.00578. The number of nitrogens with one attached hydrogen (secondary N) is 2. The van der Waals surface area contributed by atoms with Gasteiger partial charge in [-0.2, -0.15) is 0 Å². The Balaban J connectivity index is 1.97. The molecule has 6 heteroatoms. The van der Waals surface area contributed by atoms with Gasteiger partial charge in [-0.15, -0.1) is 0 Å². The summed E-state index contributed by atoms with van der Waals surface area (Å²) < 4.78 is 12.3. The number of pyridine rings is 1. The highest BCUT2D eigenvalue weighted by Gasteiger charge is 2.52. The molecule has 1 aromatic heterocycles. The highest BCUT2D eigenvalue weighted by atomic mass is 16.7. The number of aromatic amines is 1. The SMILES string of the molecule is CNCC(=Cc1ccc2c(=O)cc[nH]c2c1)B1OC(C)(C)C(C)(C)O1. The van der Waals surface area contributed by atoms with Crippen LogP contribution >= 0.6 is 0 Å². The molecule has 1 aliphatic heterocycles. The van der Waals surface area contributed by atoms with Gasteiger partial charge in [-0.05, 0) is 57.9 Å². The topological polar surface area (TPSA) is 63.4 Å². The second kappa shape index (κ2) is 6.44. The van der Waals surface area contributed by atoms with Crippen LogP contribution in [0.3, 0.4) is 0 Å². The number of benzene rings is 1. The van der Waals surface area contributed by atoms with E-state index in [1.54, 1.807) is 6.20 Å². The first-order valence-electron chi connectivity index (χ1n) is 8.56. The smallest absolute Gasteiger partial charge is 0.400 e. The molecule has 132 valence electrons. The fraction of sp³-hybridized carbons (Fsp3) is 0.421. The molecule has 0 aliphatic carbocycles. The minimum atomic E-state index is -0.400. The van der Waals surface area contributed by atoms with E-state index in [0.717, 1.165) is 16.6 Å². The monoisotopic (exact) mass is 340 g/mol. The van der Waals surface area contributed by atoms with Gasteiger partial charge in [-0.25, -0.2) is 0 Å². The number of hydrogen-bond donors (Lipinski definition) is 2. The Labute approximate surface area is 148 Å². The second-order valence-corrected chi connectivity index (χ2v) is 7.48. The maximum Gasteiger partial charge on any atom is 0.491 e. The molecule has 0 unspecified atom stereocenters. The molecule has 1 aromatic carbocycles. The van der Waals surface area contributed by atoms with Crippen LogP contribution in [0.1, 0.15) is 33.3 Å². The zero-order valence-corrected chi connectivity index (χ0v) is 15.5. The van der Waals surface area contributed by atoms with Gasteiger partial charge >= 0.3 is 7.12 Å². The molecule has 2 heterocycles. The Morgan fingerprint density at radius 2 is 1.88 bits per heavy atom. The van der Waals surface area contributed by atoms with Gasteiger partial charge in [0.2, 0.25) is 0 Å². The predicted molar refractivity (Wildman–Crippen MR) is 103 cm³/mol. The summed E-state index contributed by atoms with van der Waals surface area (Å²) >= 11 is 0. The molecule has 0 amide bonds. The molecule has 1 aliphatic rings. The summed E-state index contributed by atoms with van der Waals surface area (Å²) in [6.07, 6.45) is 3.73. The lowest BCUT2D eigenvalue weighted by Gasteiger charge is -2.32. The fourth-order valence-electron chi connectivity index (χ4n) is 2.90. The zero-order chi connectivity index (χ0) is 18.2. The van der Waals surface area contributed by atoms with Crippen LogP contribution in [0.15, 0.2) is 40.7 Å². The lowest BCUT2D eigenvalue weighted by atomic mass is 9.77. The summed E-state index contributed by atoms with van der Waals surface area (Å²) in [6, 6.07) is 7.30. The molecule has 2 aromatic rings. The van der Waals surface area contributed by atoms with Crippen LogP contribution in [0.5, 0.6) is 0 Å². The standard InChI is InChI=1S/C19H25BN2O3/c1-18(2)19(3,4)25-20(24-18)14(12-21-5)10-13-6-7-15-16(11-13)22-9-8-17(15)23/h6-11,21H,12H2,1-5H3,(H,22,23). The molecule has 25 heavy (non-hydrogen) atoms. The maximum atomic E-state index is 11.9. The minimum Gasteiger partial charge on any atom is -0.400 e. The van der Waals surface area contributed by atoms with Crippen molar-refractivity contribution in [2.75, 3.05) is 13.6 Å². The van der Waals surface area contributed by atoms with E-state index in [2.05, 4.69) is 16.4 Å². The van der Waals surface area contributed by atoms with Crippen LogP contribution in [0.4, 0.5) is 0 Å². The third-order valence-corrected chi connectivity index (χ3v) is 5.07. The van der Waals surface area contributed by atoms with E-state index in [0.29, 0.717) is 11.9 Å². The summed E-state index contributed by atoms with van der Waals surface area (Å²) in [6.45, 7) is 8.84. The molecule has 3 rings (SSSR count). The molecule has 1 fully saturated rings. The molecule has 5 nitrogen and oxygen atoms in total. The molecule has 0 bridgehead atoms. The largest absolute Gasteiger partial charge is 0.491 e. The number of likely N-dealkylation sites (N-methyl/N-ethyl adjacent to an activating group) is 1. The third kappa shape index (κ3) is 3.42. The molecule has 0 saturated carbocycles. The van der Waals surface area contributed by atoms with E-state index in [9.17, 15) is 4.79 Å². The van der Waals surface area contributed by atoms with Gasteiger partial charge in [0.1, 0.15) is 0 Å². The van der Waals surface area contributed by atoms with E-state index >= 15 is 0 Å². The van der Waals surface area contributed by atoms with Crippen molar-refractivity contribution in [1.82, 2.24) is 10.3 Å². The number of rotatable bonds is 4. The Morgan fingerprint density at radius 1 is 1.20 bits per heavy atom. The lowest BCUT2D eigenvalue weighted by Crippen LogP contribution is -2.41. The second-order valence-electron chi connectivity index (χ2n) is 7.48. The number of hydrogen-bond acceptors (Lipinski definition) is 4. The summed E-state index contributed by atoms with van der Waals surface area (Å²) in [5, 5.41) is 3.87. The quantitative estimate of drug-likeness (QED) is 0.840. The van der Waals surface area contributed by atoms with Gasteiger partial charge < -0.3 is 19.6 Å². The number of H-pyrrole nitrogens is 1. The van der Waals surface area contributed by atoms with E-state index in [1.165, 1.54) is 6.07 Å². The van der Waals surface area contributed by atoms with Crippen LogP contribution in [0, 0.1) is 0 Å². The van der Waals surface area contributed by atoms with Crippen molar-refractivity contribution in [3.8, 4) is 0 Å². The normalized spacial score (nSPS) is 19.6. The van der Waals surface area contributed by atoms with Gasteiger partial charge in [0.25, 0.3) is 0 Å². The van der Waals surface area contributed by atoms with Crippen LogP contribution in [0.25, 0.3) is 17.0 Å². The van der Waals surface area contributed by atoms with Gasteiger partial charge in [-0.1, -0.05) is 12.1 Å². The first kappa shape index (κ1) is 17.9. The maximum absolute atomic E-state index is 11.9. The van der Waals surface area contributed by atoms with Gasteiger partial charge in [-0.3, -0.25) is 4.79 Å². The molecular formula is C19H25BN2O3. The minimum absolute atomic E-state index is 0.0192. The molecule has 2 N–H and O–H groups in total. The molecule has 0 spiro atoms.